The van der Waals surface area contributed by atoms with Gasteiger partial charge in [0.15, 0.2) is 0 Å². The van der Waals surface area contributed by atoms with Crippen LogP contribution in [0.5, 0.6) is 5.75 Å². The van der Waals surface area contributed by atoms with Crippen LogP contribution >= 0.6 is 0 Å². The van der Waals surface area contributed by atoms with Crippen LogP contribution in [0.1, 0.15) is 37.7 Å². The quantitative estimate of drug-likeness (QED) is 0.867. The molecule has 21 heavy (non-hydrogen) atoms. The molecule has 1 aromatic carbocycles. The maximum atomic E-state index is 12.9. The van der Waals surface area contributed by atoms with Crippen LogP contribution in [0, 0.1) is 0 Å². The van der Waals surface area contributed by atoms with Gasteiger partial charge in [0.1, 0.15) is 11.3 Å². The summed E-state index contributed by atoms with van der Waals surface area (Å²) in [7, 11) is 0. The summed E-state index contributed by atoms with van der Waals surface area (Å²) >= 11 is 0. The summed E-state index contributed by atoms with van der Waals surface area (Å²) in [6, 6.07) is 6.92. The Hall–Kier alpha value is -2.04. The van der Waals surface area contributed by atoms with E-state index in [-0.39, 0.29) is 17.6 Å². The number of nitrogens with one attached hydrogen (secondary N) is 1. The molecule has 1 spiro atoms. The topological polar surface area (TPSA) is 69.6 Å². The van der Waals surface area contributed by atoms with Gasteiger partial charge in [-0.1, -0.05) is 25.0 Å². The second-order valence-electron chi connectivity index (χ2n) is 5.98. The largest absolute Gasteiger partial charge is 0.508 e. The van der Waals surface area contributed by atoms with Gasteiger partial charge in [0, 0.05) is 19.5 Å². The van der Waals surface area contributed by atoms with E-state index in [4.69, 9.17) is 0 Å². The molecule has 0 bridgehead atoms. The van der Waals surface area contributed by atoms with Gasteiger partial charge in [-0.15, -0.1) is 0 Å². The number of amides is 2. The summed E-state index contributed by atoms with van der Waals surface area (Å²) in [5, 5.41) is 12.5. The summed E-state index contributed by atoms with van der Waals surface area (Å²) < 4.78 is 0. The van der Waals surface area contributed by atoms with E-state index in [9.17, 15) is 14.7 Å². The Bertz CT molecular complexity index is 564. The summed E-state index contributed by atoms with van der Waals surface area (Å²) in [4.78, 5) is 26.5. The fourth-order valence-corrected chi connectivity index (χ4v) is 3.37. The third-order valence-electron chi connectivity index (χ3n) is 4.43. The Morgan fingerprint density at radius 1 is 1.24 bits per heavy atom. The highest BCUT2D eigenvalue weighted by molar-refractivity contribution is 5.93. The SMILES string of the molecule is O=C1CCN(Cc2cccc(O)c2)C(=O)C2(CCCC2)N1. The van der Waals surface area contributed by atoms with Gasteiger partial charge in [0.2, 0.25) is 11.8 Å². The second kappa shape index (κ2) is 5.39. The van der Waals surface area contributed by atoms with Crippen molar-refractivity contribution in [2.45, 2.75) is 44.2 Å². The number of nitrogens with zero attached hydrogens (tertiary/aromatic N) is 1. The summed E-state index contributed by atoms with van der Waals surface area (Å²) in [5.41, 5.74) is 0.190. The molecule has 1 heterocycles. The number of carbonyl (C=O) groups is 2. The summed E-state index contributed by atoms with van der Waals surface area (Å²) in [6.07, 6.45) is 3.76. The predicted octanol–water partition coefficient (Wildman–Crippen LogP) is 1.55. The van der Waals surface area contributed by atoms with E-state index >= 15 is 0 Å². The molecule has 3 rings (SSSR count). The lowest BCUT2D eigenvalue weighted by atomic mass is 9.95. The van der Waals surface area contributed by atoms with Crippen molar-refractivity contribution >= 4 is 11.8 Å². The molecular weight excluding hydrogens is 268 g/mol. The number of hydrogen-bond acceptors (Lipinski definition) is 3. The molecule has 1 saturated carbocycles. The minimum Gasteiger partial charge on any atom is -0.508 e. The summed E-state index contributed by atoms with van der Waals surface area (Å²) in [6.45, 7) is 0.867. The van der Waals surface area contributed by atoms with Crippen LogP contribution in [0.2, 0.25) is 0 Å². The van der Waals surface area contributed by atoms with E-state index in [2.05, 4.69) is 5.32 Å². The van der Waals surface area contributed by atoms with E-state index in [0.717, 1.165) is 31.2 Å². The van der Waals surface area contributed by atoms with Crippen LogP contribution in [0.4, 0.5) is 0 Å². The molecule has 112 valence electrons. The van der Waals surface area contributed by atoms with E-state index in [1.807, 2.05) is 6.07 Å². The van der Waals surface area contributed by atoms with E-state index in [1.165, 1.54) is 0 Å². The number of carbonyl (C=O) groups excluding carboxylic acids is 2. The second-order valence-corrected chi connectivity index (χ2v) is 5.98. The molecule has 1 aromatic rings. The molecule has 1 aliphatic heterocycles. The first-order valence-electron chi connectivity index (χ1n) is 7.47. The first-order chi connectivity index (χ1) is 10.1. The zero-order valence-corrected chi connectivity index (χ0v) is 12.0. The van der Waals surface area contributed by atoms with Crippen LogP contribution in [0.15, 0.2) is 24.3 Å². The molecule has 0 radical (unpaired) electrons. The van der Waals surface area contributed by atoms with Crippen LogP contribution in [-0.4, -0.2) is 33.9 Å². The van der Waals surface area contributed by atoms with Gasteiger partial charge in [-0.3, -0.25) is 9.59 Å². The lowest BCUT2D eigenvalue weighted by Crippen LogP contribution is -2.55. The van der Waals surface area contributed by atoms with Crippen molar-refractivity contribution in [3.8, 4) is 5.75 Å². The van der Waals surface area contributed by atoms with Crippen molar-refractivity contribution in [2.75, 3.05) is 6.54 Å². The number of rotatable bonds is 2. The molecule has 1 aliphatic carbocycles. The average Bonchev–Trinajstić information content (AvgIpc) is 2.88. The zero-order chi connectivity index (χ0) is 14.9. The van der Waals surface area contributed by atoms with Crippen molar-refractivity contribution in [1.29, 1.82) is 0 Å². The Morgan fingerprint density at radius 3 is 2.71 bits per heavy atom. The Kier molecular flexibility index (Phi) is 3.57. The van der Waals surface area contributed by atoms with Crippen molar-refractivity contribution < 1.29 is 14.7 Å². The fraction of sp³-hybridized carbons (Fsp3) is 0.500. The molecule has 1 saturated heterocycles. The lowest BCUT2D eigenvalue weighted by molar-refractivity contribution is -0.139. The van der Waals surface area contributed by atoms with Crippen molar-refractivity contribution in [3.05, 3.63) is 29.8 Å². The fourth-order valence-electron chi connectivity index (χ4n) is 3.37. The Morgan fingerprint density at radius 2 is 2.00 bits per heavy atom. The van der Waals surface area contributed by atoms with Gasteiger partial charge in [-0.05, 0) is 30.5 Å². The number of hydrogen-bond donors (Lipinski definition) is 2. The molecular formula is C16H20N2O3. The van der Waals surface area contributed by atoms with Crippen molar-refractivity contribution in [1.82, 2.24) is 10.2 Å². The van der Waals surface area contributed by atoms with Crippen LogP contribution in [0.25, 0.3) is 0 Å². The van der Waals surface area contributed by atoms with E-state index in [1.54, 1.807) is 23.1 Å². The molecule has 5 nitrogen and oxygen atoms in total. The van der Waals surface area contributed by atoms with Crippen LogP contribution in [0.3, 0.4) is 0 Å². The molecule has 5 heteroatoms. The average molecular weight is 288 g/mol. The highest BCUT2D eigenvalue weighted by Gasteiger charge is 2.46. The van der Waals surface area contributed by atoms with Gasteiger partial charge >= 0.3 is 0 Å². The van der Waals surface area contributed by atoms with E-state index in [0.29, 0.717) is 19.5 Å². The lowest BCUT2D eigenvalue weighted by Gasteiger charge is -2.31. The smallest absolute Gasteiger partial charge is 0.248 e. The molecule has 2 fully saturated rings. The number of phenolic OH excluding ortho intramolecular Hbond substituents is 1. The minimum atomic E-state index is -0.690. The maximum Gasteiger partial charge on any atom is 0.248 e. The third kappa shape index (κ3) is 2.73. The minimum absolute atomic E-state index is 0.0224. The molecule has 2 N–H and O–H groups in total. The summed E-state index contributed by atoms with van der Waals surface area (Å²) in [5.74, 6) is 0.178. The highest BCUT2D eigenvalue weighted by Crippen LogP contribution is 2.33. The zero-order valence-electron chi connectivity index (χ0n) is 12.0. The Balaban J connectivity index is 1.83. The Labute approximate surface area is 123 Å². The molecule has 2 aliphatic rings. The number of aromatic hydroxyl groups is 1. The van der Waals surface area contributed by atoms with Crippen LogP contribution < -0.4 is 5.32 Å². The van der Waals surface area contributed by atoms with E-state index < -0.39 is 5.54 Å². The third-order valence-corrected chi connectivity index (χ3v) is 4.43. The molecule has 2 amide bonds. The normalized spacial score (nSPS) is 21.4. The number of phenols is 1. The molecule has 0 aromatic heterocycles. The maximum absolute atomic E-state index is 12.9. The van der Waals surface area contributed by atoms with Gasteiger partial charge < -0.3 is 15.3 Å². The standard InChI is InChI=1S/C16H20N2O3/c19-13-5-3-4-12(10-13)11-18-9-6-14(20)17-16(15(18)21)7-1-2-8-16/h3-5,10,19H,1-2,6-9,11H2,(H,17,20). The molecule has 0 unspecified atom stereocenters. The van der Waals surface area contributed by atoms with Gasteiger partial charge in [0.05, 0.1) is 0 Å². The number of benzene rings is 1. The van der Waals surface area contributed by atoms with Gasteiger partial charge in [0.25, 0.3) is 0 Å². The van der Waals surface area contributed by atoms with Crippen molar-refractivity contribution in [3.63, 3.8) is 0 Å². The van der Waals surface area contributed by atoms with Crippen molar-refractivity contribution in [2.24, 2.45) is 0 Å². The van der Waals surface area contributed by atoms with Gasteiger partial charge in [-0.2, -0.15) is 0 Å². The predicted molar refractivity (Wildman–Crippen MR) is 77.5 cm³/mol. The monoisotopic (exact) mass is 288 g/mol. The van der Waals surface area contributed by atoms with Gasteiger partial charge in [-0.25, -0.2) is 0 Å². The first kappa shape index (κ1) is 13.9. The van der Waals surface area contributed by atoms with Crippen LogP contribution in [-0.2, 0) is 16.1 Å². The highest BCUT2D eigenvalue weighted by atomic mass is 16.3. The molecule has 0 atom stereocenters. The first-order valence-corrected chi connectivity index (χ1v) is 7.47.